The summed E-state index contributed by atoms with van der Waals surface area (Å²) in [6, 6.07) is 6.52. The minimum Gasteiger partial charge on any atom is -0.467 e. The van der Waals surface area contributed by atoms with E-state index in [0.29, 0.717) is 30.7 Å². The first-order chi connectivity index (χ1) is 12.3. The Morgan fingerprint density at radius 3 is 2.69 bits per heavy atom. The lowest BCUT2D eigenvalue weighted by Crippen LogP contribution is -2.56. The summed E-state index contributed by atoms with van der Waals surface area (Å²) in [5.41, 5.74) is -0.417. The van der Waals surface area contributed by atoms with Crippen molar-refractivity contribution in [2.75, 3.05) is 6.54 Å². The Morgan fingerprint density at radius 1 is 1.23 bits per heavy atom. The topological polar surface area (TPSA) is 87.7 Å². The van der Waals surface area contributed by atoms with Crippen molar-refractivity contribution < 1.29 is 19.1 Å². The van der Waals surface area contributed by atoms with Gasteiger partial charge in [-0.25, -0.2) is 0 Å². The number of para-hydroxylation sites is 1. The third kappa shape index (κ3) is 3.52. The number of nitrogens with zero attached hydrogens (tertiary/aromatic N) is 1. The molecule has 0 aromatic heterocycles. The maximum absolute atomic E-state index is 12.6. The molecule has 140 valence electrons. The molecule has 2 N–H and O–H groups in total. The highest BCUT2D eigenvalue weighted by Crippen LogP contribution is 2.33. The summed E-state index contributed by atoms with van der Waals surface area (Å²) in [4.78, 5) is 38.9. The van der Waals surface area contributed by atoms with Crippen LogP contribution in [0.25, 0.3) is 0 Å². The van der Waals surface area contributed by atoms with Crippen LogP contribution in [0.2, 0.25) is 0 Å². The lowest BCUT2D eigenvalue weighted by atomic mass is 10.0. The van der Waals surface area contributed by atoms with Crippen LogP contribution in [0.3, 0.4) is 0 Å². The highest BCUT2D eigenvalue weighted by Gasteiger charge is 2.43. The molecule has 7 nitrogen and oxygen atoms in total. The lowest BCUT2D eigenvalue weighted by Gasteiger charge is -2.38. The summed E-state index contributed by atoms with van der Waals surface area (Å²) in [7, 11) is 0. The van der Waals surface area contributed by atoms with E-state index in [-0.39, 0.29) is 30.2 Å². The van der Waals surface area contributed by atoms with Crippen molar-refractivity contribution in [1.82, 2.24) is 15.5 Å². The van der Waals surface area contributed by atoms with E-state index in [4.69, 9.17) is 4.74 Å². The maximum Gasteiger partial charge on any atom is 0.258 e. The van der Waals surface area contributed by atoms with Gasteiger partial charge >= 0.3 is 0 Å². The Balaban J connectivity index is 1.76. The van der Waals surface area contributed by atoms with E-state index in [1.807, 2.05) is 19.9 Å². The Hall–Kier alpha value is -2.57. The fraction of sp³-hybridized carbons (Fsp3) is 0.526. The van der Waals surface area contributed by atoms with Crippen LogP contribution in [0.5, 0.6) is 5.75 Å². The van der Waals surface area contributed by atoms with E-state index in [1.165, 1.54) is 0 Å². The number of hydrogen-bond acceptors (Lipinski definition) is 4. The molecule has 0 aliphatic carbocycles. The number of benzene rings is 1. The minimum atomic E-state index is -0.913. The van der Waals surface area contributed by atoms with Crippen molar-refractivity contribution in [3.8, 4) is 5.75 Å². The summed E-state index contributed by atoms with van der Waals surface area (Å²) in [6.07, 6.45) is 1.01. The fourth-order valence-electron chi connectivity index (χ4n) is 3.44. The Kier molecular flexibility index (Phi) is 4.89. The zero-order valence-electron chi connectivity index (χ0n) is 15.4. The molecule has 0 saturated carbocycles. The highest BCUT2D eigenvalue weighted by atomic mass is 16.5. The van der Waals surface area contributed by atoms with Gasteiger partial charge in [-0.1, -0.05) is 12.1 Å². The van der Waals surface area contributed by atoms with Gasteiger partial charge in [-0.15, -0.1) is 0 Å². The van der Waals surface area contributed by atoms with Gasteiger partial charge in [0, 0.05) is 31.8 Å². The number of fused-ring (bicyclic) bond motifs is 1. The molecule has 0 radical (unpaired) electrons. The molecule has 2 aliphatic heterocycles. The molecule has 3 rings (SSSR count). The summed E-state index contributed by atoms with van der Waals surface area (Å²) in [5, 5.41) is 5.77. The first kappa shape index (κ1) is 18.2. The molecule has 1 spiro atoms. The van der Waals surface area contributed by atoms with Crippen molar-refractivity contribution in [3.63, 3.8) is 0 Å². The molecule has 0 unspecified atom stereocenters. The van der Waals surface area contributed by atoms with Crippen LogP contribution >= 0.6 is 0 Å². The SMILES string of the molecule is CC(C)NC(=O)[C@H](C)N1CC[C@@]2(CCC1=O)NC(=O)c1ccccc1O2. The average molecular weight is 359 g/mol. The van der Waals surface area contributed by atoms with E-state index < -0.39 is 11.8 Å². The normalized spacial score (nSPS) is 23.8. The predicted octanol–water partition coefficient (Wildman–Crippen LogP) is 1.43. The first-order valence-electron chi connectivity index (χ1n) is 9.02. The summed E-state index contributed by atoms with van der Waals surface area (Å²) >= 11 is 0. The monoisotopic (exact) mass is 359 g/mol. The van der Waals surface area contributed by atoms with E-state index in [9.17, 15) is 14.4 Å². The predicted molar refractivity (Wildman–Crippen MR) is 95.6 cm³/mol. The van der Waals surface area contributed by atoms with E-state index in [1.54, 1.807) is 30.0 Å². The van der Waals surface area contributed by atoms with Gasteiger partial charge < -0.3 is 20.3 Å². The Morgan fingerprint density at radius 2 is 1.96 bits per heavy atom. The second-order valence-corrected chi connectivity index (χ2v) is 7.22. The third-order valence-corrected chi connectivity index (χ3v) is 4.88. The Bertz CT molecular complexity index is 733. The Labute approximate surface area is 153 Å². The number of hydrogen-bond donors (Lipinski definition) is 2. The molecule has 2 heterocycles. The molecule has 3 amide bonds. The smallest absolute Gasteiger partial charge is 0.258 e. The highest BCUT2D eigenvalue weighted by molar-refractivity contribution is 5.98. The van der Waals surface area contributed by atoms with Gasteiger partial charge in [-0.3, -0.25) is 14.4 Å². The van der Waals surface area contributed by atoms with Crippen LogP contribution < -0.4 is 15.4 Å². The molecule has 2 atom stereocenters. The molecule has 1 fully saturated rings. The van der Waals surface area contributed by atoms with Crippen molar-refractivity contribution >= 4 is 17.7 Å². The van der Waals surface area contributed by atoms with Crippen molar-refractivity contribution in [2.45, 2.75) is 57.8 Å². The van der Waals surface area contributed by atoms with Gasteiger partial charge in [0.15, 0.2) is 5.72 Å². The summed E-state index contributed by atoms with van der Waals surface area (Å²) in [6.45, 7) is 5.83. The van der Waals surface area contributed by atoms with Crippen molar-refractivity contribution in [2.24, 2.45) is 0 Å². The molecule has 0 bridgehead atoms. The molecule has 26 heavy (non-hydrogen) atoms. The molecule has 1 saturated heterocycles. The number of carbonyl (C=O) groups excluding carboxylic acids is 3. The zero-order valence-corrected chi connectivity index (χ0v) is 15.4. The minimum absolute atomic E-state index is 0.0100. The molecular formula is C19H25N3O4. The molecule has 1 aromatic rings. The van der Waals surface area contributed by atoms with Gasteiger partial charge in [0.2, 0.25) is 11.8 Å². The van der Waals surface area contributed by atoms with Gasteiger partial charge in [0.05, 0.1) is 5.56 Å². The number of nitrogens with one attached hydrogen (secondary N) is 2. The molecular weight excluding hydrogens is 334 g/mol. The van der Waals surface area contributed by atoms with Gasteiger partial charge in [-0.05, 0) is 32.9 Å². The van der Waals surface area contributed by atoms with Crippen LogP contribution in [0.1, 0.15) is 50.4 Å². The van der Waals surface area contributed by atoms with Crippen molar-refractivity contribution in [1.29, 1.82) is 0 Å². The van der Waals surface area contributed by atoms with Crippen LogP contribution in [0.15, 0.2) is 24.3 Å². The van der Waals surface area contributed by atoms with Crippen LogP contribution in [0.4, 0.5) is 0 Å². The fourth-order valence-corrected chi connectivity index (χ4v) is 3.44. The summed E-state index contributed by atoms with van der Waals surface area (Å²) < 4.78 is 6.10. The average Bonchev–Trinajstić information content (AvgIpc) is 2.73. The molecule has 1 aromatic carbocycles. The number of rotatable bonds is 3. The van der Waals surface area contributed by atoms with Crippen LogP contribution in [-0.2, 0) is 9.59 Å². The van der Waals surface area contributed by atoms with Gasteiger partial charge in [-0.2, -0.15) is 0 Å². The number of ether oxygens (including phenoxy) is 1. The standard InChI is InChI=1S/C19H25N3O4/c1-12(2)20-17(24)13(3)22-11-10-19(9-8-16(22)23)21-18(25)14-6-4-5-7-15(14)26-19/h4-7,12-13H,8-11H2,1-3H3,(H,20,24)(H,21,25)/t13-,19-/m0/s1. The van der Waals surface area contributed by atoms with Gasteiger partial charge in [0.1, 0.15) is 11.8 Å². The first-order valence-corrected chi connectivity index (χ1v) is 9.02. The van der Waals surface area contributed by atoms with Crippen molar-refractivity contribution in [3.05, 3.63) is 29.8 Å². The largest absolute Gasteiger partial charge is 0.467 e. The molecule has 7 heteroatoms. The lowest BCUT2D eigenvalue weighted by molar-refractivity contribution is -0.139. The van der Waals surface area contributed by atoms with Crippen LogP contribution in [0, 0.1) is 0 Å². The number of likely N-dealkylation sites (tertiary alicyclic amines) is 1. The third-order valence-electron chi connectivity index (χ3n) is 4.88. The summed E-state index contributed by atoms with van der Waals surface area (Å²) in [5.74, 6) is 0.0503. The van der Waals surface area contributed by atoms with Gasteiger partial charge in [0.25, 0.3) is 5.91 Å². The number of amides is 3. The zero-order chi connectivity index (χ0) is 18.9. The maximum atomic E-state index is 12.6. The number of carbonyl (C=O) groups is 3. The quantitative estimate of drug-likeness (QED) is 0.855. The van der Waals surface area contributed by atoms with E-state index in [2.05, 4.69) is 10.6 Å². The second kappa shape index (κ2) is 6.97. The second-order valence-electron chi connectivity index (χ2n) is 7.22. The molecule has 2 aliphatic rings. The van der Waals surface area contributed by atoms with Crippen LogP contribution in [-0.4, -0.2) is 47.0 Å². The van der Waals surface area contributed by atoms with E-state index >= 15 is 0 Å². The van der Waals surface area contributed by atoms with E-state index in [0.717, 1.165) is 0 Å².